The summed E-state index contributed by atoms with van der Waals surface area (Å²) in [4.78, 5) is 18.4. The van der Waals surface area contributed by atoms with Crippen LogP contribution in [0.2, 0.25) is 0 Å². The fourth-order valence-electron chi connectivity index (χ4n) is 4.66. The van der Waals surface area contributed by atoms with Crippen molar-refractivity contribution in [3.8, 4) is 5.75 Å². The molecule has 3 rings (SSSR count). The molecule has 32 heavy (non-hydrogen) atoms. The maximum Gasteiger partial charge on any atom is 0.308 e. The van der Waals surface area contributed by atoms with Crippen molar-refractivity contribution >= 4 is 28.6 Å². The van der Waals surface area contributed by atoms with Crippen molar-refractivity contribution in [3.63, 3.8) is 0 Å². The van der Waals surface area contributed by atoms with Gasteiger partial charge in [-0.3, -0.25) is 9.78 Å². The smallest absolute Gasteiger partial charge is 0.308 e. The van der Waals surface area contributed by atoms with Gasteiger partial charge in [-0.05, 0) is 92.8 Å². The molecule has 7 heteroatoms. The van der Waals surface area contributed by atoms with Crippen LogP contribution in [0.15, 0.2) is 24.4 Å². The van der Waals surface area contributed by atoms with E-state index < -0.39 is 5.97 Å². The lowest BCUT2D eigenvalue weighted by Gasteiger charge is -2.36. The summed E-state index contributed by atoms with van der Waals surface area (Å²) < 4.78 is 19.9. The minimum absolute atomic E-state index is 0.143. The van der Waals surface area contributed by atoms with E-state index in [1.807, 2.05) is 30.0 Å². The normalized spacial score (nSPS) is 19.3. The number of carbonyl (C=O) groups is 1. The Morgan fingerprint density at radius 1 is 1.34 bits per heavy atom. The van der Waals surface area contributed by atoms with Gasteiger partial charge in [-0.2, -0.15) is 11.8 Å². The molecular weight excluding hydrogens is 427 g/mol. The average molecular weight is 463 g/mol. The number of fused-ring (bicyclic) bond motifs is 1. The van der Waals surface area contributed by atoms with Crippen molar-refractivity contribution in [2.45, 2.75) is 45.4 Å². The highest BCUT2D eigenvalue weighted by Gasteiger charge is 2.33. The zero-order valence-corrected chi connectivity index (χ0v) is 20.0. The van der Waals surface area contributed by atoms with E-state index in [1.54, 1.807) is 7.11 Å². The van der Waals surface area contributed by atoms with Crippen LogP contribution in [0.4, 0.5) is 4.39 Å². The molecule has 2 atom stereocenters. The summed E-state index contributed by atoms with van der Waals surface area (Å²) in [6, 6.07) is 5.50. The van der Waals surface area contributed by atoms with E-state index in [2.05, 4.69) is 16.8 Å². The molecule has 1 fully saturated rings. The number of nitrogens with zero attached hydrogens (tertiary/aromatic N) is 2. The van der Waals surface area contributed by atoms with Gasteiger partial charge in [0.05, 0.1) is 24.7 Å². The number of hydrogen-bond acceptors (Lipinski definition) is 5. The Kier molecular flexibility index (Phi) is 9.60. The molecule has 1 aromatic heterocycles. The van der Waals surface area contributed by atoms with Crippen molar-refractivity contribution in [1.82, 2.24) is 9.88 Å². The van der Waals surface area contributed by atoms with Gasteiger partial charge >= 0.3 is 5.97 Å². The lowest BCUT2D eigenvalue weighted by Crippen LogP contribution is -2.44. The molecule has 1 N–H and O–H groups in total. The minimum Gasteiger partial charge on any atom is -0.497 e. The highest BCUT2D eigenvalue weighted by atomic mass is 32.2. The second kappa shape index (κ2) is 12.4. The van der Waals surface area contributed by atoms with Gasteiger partial charge in [0.25, 0.3) is 0 Å². The zero-order chi connectivity index (χ0) is 22.9. The van der Waals surface area contributed by atoms with E-state index in [1.165, 1.54) is 18.4 Å². The Morgan fingerprint density at radius 2 is 2.19 bits per heavy atom. The monoisotopic (exact) mass is 462 g/mol. The highest BCUT2D eigenvalue weighted by Crippen LogP contribution is 2.31. The first-order valence-corrected chi connectivity index (χ1v) is 12.8. The van der Waals surface area contributed by atoms with Gasteiger partial charge < -0.3 is 14.7 Å². The Balaban J connectivity index is 1.56. The number of aromatic nitrogens is 1. The first-order chi connectivity index (χ1) is 15.5. The first kappa shape index (κ1) is 24.8. The third-order valence-electron chi connectivity index (χ3n) is 6.40. The second-order valence-corrected chi connectivity index (χ2v) is 9.84. The summed E-state index contributed by atoms with van der Waals surface area (Å²) in [5.74, 6) is 1.80. The number of aliphatic carboxylic acids is 1. The third-order valence-corrected chi connectivity index (χ3v) is 7.68. The molecule has 176 valence electrons. The Labute approximate surface area is 194 Å². The molecule has 2 aromatic rings. The van der Waals surface area contributed by atoms with Crippen LogP contribution in [-0.2, 0) is 11.2 Å². The van der Waals surface area contributed by atoms with Crippen LogP contribution in [0.3, 0.4) is 0 Å². The van der Waals surface area contributed by atoms with E-state index in [0.717, 1.165) is 55.4 Å². The third kappa shape index (κ3) is 6.58. The van der Waals surface area contributed by atoms with Crippen LogP contribution in [0.5, 0.6) is 5.75 Å². The molecule has 5 nitrogen and oxygen atoms in total. The number of ether oxygens (including phenoxy) is 1. The predicted molar refractivity (Wildman–Crippen MR) is 129 cm³/mol. The summed E-state index contributed by atoms with van der Waals surface area (Å²) in [6.45, 7) is 4.75. The Morgan fingerprint density at radius 3 is 2.94 bits per heavy atom. The topological polar surface area (TPSA) is 62.7 Å². The summed E-state index contributed by atoms with van der Waals surface area (Å²) in [5.41, 5.74) is 1.39. The molecule has 0 saturated carbocycles. The minimum atomic E-state index is -0.703. The van der Waals surface area contributed by atoms with Crippen LogP contribution in [0.1, 0.15) is 44.6 Å². The standard InChI is InChI=1S/C25H35FN2O3S/c1-3-13-32-14-5-11-28-12-10-18(22(17-28)25(29)30)6-4-7-20-21-15-19(31-2)8-9-24(21)27-16-23(20)26/h8-9,15-16,18,22H,3-7,10-14,17H2,1-2H3,(H,29,30)/t18-,22+/m0/s1. The second-order valence-electron chi connectivity index (χ2n) is 8.62. The summed E-state index contributed by atoms with van der Waals surface area (Å²) >= 11 is 1.98. The maximum absolute atomic E-state index is 14.6. The van der Waals surface area contributed by atoms with Crippen LogP contribution < -0.4 is 4.74 Å². The van der Waals surface area contributed by atoms with E-state index in [-0.39, 0.29) is 17.7 Å². The van der Waals surface area contributed by atoms with Crippen molar-refractivity contribution in [2.24, 2.45) is 11.8 Å². The van der Waals surface area contributed by atoms with Gasteiger partial charge in [0.15, 0.2) is 0 Å². The van der Waals surface area contributed by atoms with E-state index in [0.29, 0.717) is 24.3 Å². The van der Waals surface area contributed by atoms with Crippen molar-refractivity contribution in [1.29, 1.82) is 0 Å². The van der Waals surface area contributed by atoms with Gasteiger partial charge in [-0.15, -0.1) is 0 Å². The molecular formula is C25H35FN2O3S. The van der Waals surface area contributed by atoms with Crippen molar-refractivity contribution < 1.29 is 19.0 Å². The quantitative estimate of drug-likeness (QED) is 0.434. The fourth-order valence-corrected chi connectivity index (χ4v) is 5.48. The fraction of sp³-hybridized carbons (Fsp3) is 0.600. The molecule has 0 bridgehead atoms. The predicted octanol–water partition coefficient (Wildman–Crippen LogP) is 5.26. The maximum atomic E-state index is 14.6. The number of likely N-dealkylation sites (tertiary alicyclic amines) is 1. The number of aryl methyl sites for hydroxylation is 1. The number of hydrogen-bond donors (Lipinski definition) is 1. The number of methoxy groups -OCH3 is 1. The zero-order valence-electron chi connectivity index (χ0n) is 19.2. The van der Waals surface area contributed by atoms with E-state index >= 15 is 0 Å². The Bertz CT molecular complexity index is 895. The Hall–Kier alpha value is -1.86. The molecule has 2 heterocycles. The molecule has 0 aliphatic carbocycles. The van der Waals surface area contributed by atoms with Crippen LogP contribution >= 0.6 is 11.8 Å². The summed E-state index contributed by atoms with van der Waals surface area (Å²) in [6.07, 6.45) is 6.61. The van der Waals surface area contributed by atoms with Gasteiger partial charge in [0.1, 0.15) is 11.6 Å². The lowest BCUT2D eigenvalue weighted by atomic mass is 9.81. The molecule has 1 aromatic carbocycles. The average Bonchev–Trinajstić information content (AvgIpc) is 2.80. The molecule has 0 amide bonds. The molecule has 1 aliphatic heterocycles. The molecule has 1 aliphatic rings. The van der Waals surface area contributed by atoms with Gasteiger partial charge in [-0.1, -0.05) is 6.92 Å². The lowest BCUT2D eigenvalue weighted by molar-refractivity contribution is -0.146. The number of rotatable bonds is 12. The molecule has 0 radical (unpaired) electrons. The molecule has 0 unspecified atom stereocenters. The number of carboxylic acid groups (broad SMARTS) is 1. The summed E-state index contributed by atoms with van der Waals surface area (Å²) in [7, 11) is 1.59. The van der Waals surface area contributed by atoms with E-state index in [4.69, 9.17) is 4.74 Å². The number of piperidine rings is 1. The van der Waals surface area contributed by atoms with Crippen molar-refractivity contribution in [3.05, 3.63) is 35.8 Å². The highest BCUT2D eigenvalue weighted by molar-refractivity contribution is 7.99. The SMILES string of the molecule is CCCSCCCN1CC[C@H](CCCc2c(F)cnc3ccc(OC)cc23)[C@H](C(=O)O)C1. The van der Waals surface area contributed by atoms with Gasteiger partial charge in [0.2, 0.25) is 0 Å². The molecule has 0 spiro atoms. The number of carboxylic acids is 1. The van der Waals surface area contributed by atoms with Crippen LogP contribution in [0.25, 0.3) is 10.9 Å². The van der Waals surface area contributed by atoms with Crippen molar-refractivity contribution in [2.75, 3.05) is 38.2 Å². The van der Waals surface area contributed by atoms with Crippen LogP contribution in [0, 0.1) is 17.7 Å². The summed E-state index contributed by atoms with van der Waals surface area (Å²) in [5, 5.41) is 10.6. The van der Waals surface area contributed by atoms with E-state index in [9.17, 15) is 14.3 Å². The van der Waals surface area contributed by atoms with Gasteiger partial charge in [0, 0.05) is 11.9 Å². The number of thioether (sulfide) groups is 1. The molecule has 1 saturated heterocycles. The number of pyridine rings is 1. The number of halogens is 1. The number of benzene rings is 1. The largest absolute Gasteiger partial charge is 0.497 e. The van der Waals surface area contributed by atoms with Gasteiger partial charge in [-0.25, -0.2) is 4.39 Å². The van der Waals surface area contributed by atoms with Crippen LogP contribution in [-0.4, -0.2) is 59.2 Å². The first-order valence-electron chi connectivity index (χ1n) is 11.7.